The lowest BCUT2D eigenvalue weighted by Gasteiger charge is -2.34. The Morgan fingerprint density at radius 2 is 1.90 bits per heavy atom. The molecule has 0 amide bonds. The average molecular weight is 289 g/mol. The number of rotatable bonds is 5. The molecule has 0 aliphatic heterocycles. The van der Waals surface area contributed by atoms with Gasteiger partial charge < -0.3 is 10.2 Å². The van der Waals surface area contributed by atoms with Gasteiger partial charge in [-0.05, 0) is 62.3 Å². The Hall–Kier alpha value is -1.09. The van der Waals surface area contributed by atoms with Gasteiger partial charge in [0.15, 0.2) is 0 Å². The predicted octanol–water partition coefficient (Wildman–Crippen LogP) is 3.94. The van der Waals surface area contributed by atoms with Crippen LogP contribution in [0.5, 0.6) is 0 Å². The van der Waals surface area contributed by atoms with Crippen LogP contribution in [0.25, 0.3) is 0 Å². The van der Waals surface area contributed by atoms with Gasteiger partial charge >= 0.3 is 0 Å². The van der Waals surface area contributed by atoms with Crippen LogP contribution in [0.2, 0.25) is 0 Å². The molecule has 1 fully saturated rings. The number of hydrogen-bond donors (Lipinski definition) is 1. The van der Waals surface area contributed by atoms with E-state index in [1.165, 1.54) is 36.9 Å². The molecule has 0 saturated heterocycles. The molecule has 1 aliphatic rings. The molecule has 3 nitrogen and oxygen atoms in total. The van der Waals surface area contributed by atoms with Crippen LogP contribution in [0.1, 0.15) is 63.6 Å². The second-order valence-corrected chi connectivity index (χ2v) is 6.97. The molecule has 2 rings (SSSR count). The predicted molar refractivity (Wildman–Crippen MR) is 90.9 cm³/mol. The number of pyridine rings is 1. The first kappa shape index (κ1) is 16.3. The van der Waals surface area contributed by atoms with Crippen LogP contribution in [0.15, 0.2) is 12.1 Å². The fourth-order valence-corrected chi connectivity index (χ4v) is 3.19. The molecular weight excluding hydrogens is 258 g/mol. The number of nitrogens with one attached hydrogen (secondary N) is 1. The van der Waals surface area contributed by atoms with Gasteiger partial charge in [-0.15, -0.1) is 0 Å². The Morgan fingerprint density at radius 3 is 2.48 bits per heavy atom. The van der Waals surface area contributed by atoms with E-state index in [1.807, 2.05) is 7.05 Å². The maximum Gasteiger partial charge on any atom is 0.129 e. The minimum absolute atomic E-state index is 0.473. The summed E-state index contributed by atoms with van der Waals surface area (Å²) in [5.41, 5.74) is 2.54. The SMILES string of the molecule is CNCc1cc(C(C)C)nc(N(C)C2CCC(C)CC2)c1. The molecule has 1 aromatic rings. The molecule has 1 N–H and O–H groups in total. The molecule has 1 aliphatic carbocycles. The molecular formula is C18H31N3. The topological polar surface area (TPSA) is 28.2 Å². The van der Waals surface area contributed by atoms with E-state index in [2.05, 4.69) is 50.2 Å². The second kappa shape index (κ2) is 7.26. The summed E-state index contributed by atoms with van der Waals surface area (Å²) in [5.74, 6) is 2.51. The van der Waals surface area contributed by atoms with Crippen molar-refractivity contribution in [1.29, 1.82) is 0 Å². The van der Waals surface area contributed by atoms with Crippen LogP contribution in [-0.2, 0) is 6.54 Å². The number of hydrogen-bond acceptors (Lipinski definition) is 3. The molecule has 0 aromatic carbocycles. The summed E-state index contributed by atoms with van der Waals surface area (Å²) < 4.78 is 0. The molecule has 0 unspecified atom stereocenters. The van der Waals surface area contributed by atoms with Crippen LogP contribution in [0.4, 0.5) is 5.82 Å². The summed E-state index contributed by atoms with van der Waals surface area (Å²) in [5, 5.41) is 3.26. The maximum absolute atomic E-state index is 4.91. The highest BCUT2D eigenvalue weighted by molar-refractivity contribution is 5.43. The zero-order valence-corrected chi connectivity index (χ0v) is 14.3. The minimum Gasteiger partial charge on any atom is -0.357 e. The Balaban J connectivity index is 2.20. The summed E-state index contributed by atoms with van der Waals surface area (Å²) in [6, 6.07) is 5.14. The van der Waals surface area contributed by atoms with Gasteiger partial charge in [0.1, 0.15) is 5.82 Å². The van der Waals surface area contributed by atoms with Gasteiger partial charge in [-0.3, -0.25) is 0 Å². The number of nitrogens with zero attached hydrogens (tertiary/aromatic N) is 2. The Labute approximate surface area is 130 Å². The number of aromatic nitrogens is 1. The fourth-order valence-electron chi connectivity index (χ4n) is 3.19. The Morgan fingerprint density at radius 1 is 1.24 bits per heavy atom. The highest BCUT2D eigenvalue weighted by Crippen LogP contribution is 2.29. The van der Waals surface area contributed by atoms with Crippen molar-refractivity contribution in [2.75, 3.05) is 19.0 Å². The quantitative estimate of drug-likeness (QED) is 0.890. The minimum atomic E-state index is 0.473. The van der Waals surface area contributed by atoms with Crippen molar-refractivity contribution in [3.63, 3.8) is 0 Å². The molecule has 3 heteroatoms. The maximum atomic E-state index is 4.91. The van der Waals surface area contributed by atoms with Gasteiger partial charge in [-0.25, -0.2) is 4.98 Å². The van der Waals surface area contributed by atoms with Crippen LogP contribution >= 0.6 is 0 Å². The average Bonchev–Trinajstić information content (AvgIpc) is 2.47. The van der Waals surface area contributed by atoms with Crippen molar-refractivity contribution in [3.05, 3.63) is 23.4 Å². The standard InChI is InChI=1S/C18H31N3/c1-13(2)17-10-15(12-19-4)11-18(20-17)21(5)16-8-6-14(3)7-9-16/h10-11,13-14,16,19H,6-9,12H2,1-5H3. The molecule has 0 atom stereocenters. The largest absolute Gasteiger partial charge is 0.357 e. The van der Waals surface area contributed by atoms with Crippen LogP contribution in [0.3, 0.4) is 0 Å². The van der Waals surface area contributed by atoms with Crippen LogP contribution < -0.4 is 10.2 Å². The van der Waals surface area contributed by atoms with E-state index in [-0.39, 0.29) is 0 Å². The van der Waals surface area contributed by atoms with E-state index in [4.69, 9.17) is 4.98 Å². The van der Waals surface area contributed by atoms with Gasteiger partial charge in [0.2, 0.25) is 0 Å². The molecule has 0 spiro atoms. The first-order chi connectivity index (χ1) is 10.0. The third-order valence-corrected chi connectivity index (χ3v) is 4.76. The highest BCUT2D eigenvalue weighted by Gasteiger charge is 2.23. The molecule has 1 aromatic heterocycles. The third kappa shape index (κ3) is 4.19. The molecule has 0 radical (unpaired) electrons. The summed E-state index contributed by atoms with van der Waals surface area (Å²) in [6.45, 7) is 7.72. The van der Waals surface area contributed by atoms with Crippen LogP contribution in [-0.4, -0.2) is 25.1 Å². The van der Waals surface area contributed by atoms with Gasteiger partial charge in [0.25, 0.3) is 0 Å². The van der Waals surface area contributed by atoms with Gasteiger partial charge in [0, 0.05) is 25.3 Å². The smallest absolute Gasteiger partial charge is 0.129 e. The molecule has 1 saturated carbocycles. The summed E-state index contributed by atoms with van der Waals surface area (Å²) in [7, 11) is 4.22. The van der Waals surface area contributed by atoms with Crippen molar-refractivity contribution in [2.45, 2.75) is 65.0 Å². The normalized spacial score (nSPS) is 22.6. The highest BCUT2D eigenvalue weighted by atomic mass is 15.2. The fraction of sp³-hybridized carbons (Fsp3) is 0.722. The van der Waals surface area contributed by atoms with Crippen molar-refractivity contribution in [1.82, 2.24) is 10.3 Å². The van der Waals surface area contributed by atoms with Crippen LogP contribution in [0, 0.1) is 5.92 Å². The molecule has 21 heavy (non-hydrogen) atoms. The van der Waals surface area contributed by atoms with Gasteiger partial charge in [-0.2, -0.15) is 0 Å². The lowest BCUT2D eigenvalue weighted by molar-refractivity contribution is 0.340. The zero-order valence-electron chi connectivity index (χ0n) is 14.3. The number of anilines is 1. The van der Waals surface area contributed by atoms with Crippen molar-refractivity contribution in [3.8, 4) is 0 Å². The van der Waals surface area contributed by atoms with E-state index >= 15 is 0 Å². The van der Waals surface area contributed by atoms with Crippen molar-refractivity contribution < 1.29 is 0 Å². The third-order valence-electron chi connectivity index (χ3n) is 4.76. The van der Waals surface area contributed by atoms with Crippen molar-refractivity contribution >= 4 is 5.82 Å². The lowest BCUT2D eigenvalue weighted by atomic mass is 9.87. The molecule has 1 heterocycles. The first-order valence-electron chi connectivity index (χ1n) is 8.39. The van der Waals surface area contributed by atoms with E-state index in [0.29, 0.717) is 12.0 Å². The Kier molecular flexibility index (Phi) is 5.63. The monoisotopic (exact) mass is 289 g/mol. The lowest BCUT2D eigenvalue weighted by Crippen LogP contribution is -2.35. The van der Waals surface area contributed by atoms with E-state index in [9.17, 15) is 0 Å². The summed E-state index contributed by atoms with van der Waals surface area (Å²) >= 11 is 0. The van der Waals surface area contributed by atoms with E-state index in [1.54, 1.807) is 0 Å². The Bertz CT molecular complexity index is 448. The first-order valence-corrected chi connectivity index (χ1v) is 8.39. The van der Waals surface area contributed by atoms with Gasteiger partial charge in [-0.1, -0.05) is 20.8 Å². The summed E-state index contributed by atoms with van der Waals surface area (Å²) in [4.78, 5) is 7.32. The molecule has 0 bridgehead atoms. The van der Waals surface area contributed by atoms with Crippen molar-refractivity contribution in [2.24, 2.45) is 5.92 Å². The zero-order chi connectivity index (χ0) is 15.4. The second-order valence-electron chi connectivity index (χ2n) is 6.97. The summed E-state index contributed by atoms with van der Waals surface area (Å²) in [6.07, 6.45) is 5.30. The van der Waals surface area contributed by atoms with E-state index < -0.39 is 0 Å². The van der Waals surface area contributed by atoms with E-state index in [0.717, 1.165) is 18.3 Å². The van der Waals surface area contributed by atoms with Gasteiger partial charge in [0.05, 0.1) is 0 Å². The molecule has 118 valence electrons.